The van der Waals surface area contributed by atoms with Crippen molar-refractivity contribution in [3.63, 3.8) is 0 Å². The van der Waals surface area contributed by atoms with E-state index in [-0.39, 0.29) is 30.3 Å². The second kappa shape index (κ2) is 14.5. The molecule has 1 fully saturated rings. The Balaban J connectivity index is 0.00000380. The van der Waals surface area contributed by atoms with E-state index in [9.17, 15) is 9.59 Å². The molecule has 0 saturated carbocycles. The number of benzene rings is 2. The number of carbonyl (C=O) groups is 2. The van der Waals surface area contributed by atoms with Crippen molar-refractivity contribution in [3.8, 4) is 5.88 Å². The third kappa shape index (κ3) is 8.13. The summed E-state index contributed by atoms with van der Waals surface area (Å²) in [6.45, 7) is 2.66. The van der Waals surface area contributed by atoms with Gasteiger partial charge in [-0.1, -0.05) is 42.5 Å². The molecule has 2 aromatic carbocycles. The quantitative estimate of drug-likeness (QED) is 0.525. The summed E-state index contributed by atoms with van der Waals surface area (Å²) < 4.78 is 5.44. The zero-order valence-corrected chi connectivity index (χ0v) is 22.1. The van der Waals surface area contributed by atoms with Crippen molar-refractivity contribution in [2.75, 3.05) is 33.3 Å². The highest BCUT2D eigenvalue weighted by molar-refractivity contribution is 5.85. The molecule has 0 bridgehead atoms. The van der Waals surface area contributed by atoms with Gasteiger partial charge in [0.1, 0.15) is 5.69 Å². The maximum absolute atomic E-state index is 13.2. The van der Waals surface area contributed by atoms with Crippen LogP contribution >= 0.6 is 12.4 Å². The summed E-state index contributed by atoms with van der Waals surface area (Å²) >= 11 is 0. The molecule has 2 amide bonds. The molecule has 0 radical (unpaired) electrons. The molecular formula is C28H36ClN5O3. The highest BCUT2D eigenvalue weighted by Gasteiger charge is 2.19. The number of aromatic nitrogens is 2. The number of para-hydroxylation sites is 2. The molecule has 1 aliphatic heterocycles. The van der Waals surface area contributed by atoms with Crippen LogP contribution < -0.4 is 15.4 Å². The third-order valence-corrected chi connectivity index (χ3v) is 6.49. The number of carbonyl (C=O) groups excluding carboxylic acids is 2. The average Bonchev–Trinajstić information content (AvgIpc) is 2.93. The predicted molar refractivity (Wildman–Crippen MR) is 147 cm³/mol. The standard InChI is InChI=1S/C28H35N5O3.ClH/c1-36-28-24(31-22-12-5-6-13-23(22)32-28)14-15-27(35)33-18-8-7-16-29-25(21-10-3-2-4-11-21)20-26(34)30-17-9-19-33;/h2-6,10-13,25,29H,7-9,14-20H2,1H3,(H,30,34);1H. The summed E-state index contributed by atoms with van der Waals surface area (Å²) in [5, 5.41) is 6.55. The fraction of sp³-hybridized carbons (Fsp3) is 0.429. The lowest BCUT2D eigenvalue weighted by Gasteiger charge is -2.23. The topological polar surface area (TPSA) is 96.5 Å². The lowest BCUT2D eigenvalue weighted by Crippen LogP contribution is -2.35. The van der Waals surface area contributed by atoms with E-state index >= 15 is 0 Å². The Bertz CT molecular complexity index is 1160. The minimum Gasteiger partial charge on any atom is -0.480 e. The van der Waals surface area contributed by atoms with Crippen LogP contribution in [0.2, 0.25) is 0 Å². The fourth-order valence-corrected chi connectivity index (χ4v) is 4.54. The summed E-state index contributed by atoms with van der Waals surface area (Å²) in [6, 6.07) is 17.7. The summed E-state index contributed by atoms with van der Waals surface area (Å²) in [7, 11) is 1.58. The monoisotopic (exact) mass is 525 g/mol. The molecule has 0 spiro atoms. The molecule has 198 valence electrons. The molecule has 4 rings (SSSR count). The Hall–Kier alpha value is -3.23. The third-order valence-electron chi connectivity index (χ3n) is 6.49. The lowest BCUT2D eigenvalue weighted by atomic mass is 10.0. The van der Waals surface area contributed by atoms with E-state index in [0.29, 0.717) is 50.5 Å². The molecule has 3 aromatic rings. The van der Waals surface area contributed by atoms with Crippen molar-refractivity contribution < 1.29 is 14.3 Å². The van der Waals surface area contributed by atoms with E-state index in [1.54, 1.807) is 7.11 Å². The first-order chi connectivity index (χ1) is 17.6. The molecule has 1 saturated heterocycles. The van der Waals surface area contributed by atoms with Gasteiger partial charge in [-0.15, -0.1) is 12.4 Å². The van der Waals surface area contributed by atoms with Crippen LogP contribution in [-0.4, -0.2) is 60.0 Å². The summed E-state index contributed by atoms with van der Waals surface area (Å²) in [5.74, 6) is 0.576. The number of ether oxygens (including phenoxy) is 1. The number of methoxy groups -OCH3 is 1. The Kier molecular flexibility index (Phi) is 11.1. The van der Waals surface area contributed by atoms with Gasteiger partial charge in [0.15, 0.2) is 0 Å². The van der Waals surface area contributed by atoms with E-state index in [1.165, 1.54) is 0 Å². The smallest absolute Gasteiger partial charge is 0.235 e. The van der Waals surface area contributed by atoms with Crippen LogP contribution in [0.1, 0.15) is 49.4 Å². The first-order valence-corrected chi connectivity index (χ1v) is 12.8. The van der Waals surface area contributed by atoms with Gasteiger partial charge in [0.25, 0.3) is 0 Å². The van der Waals surface area contributed by atoms with Crippen LogP contribution in [0, 0.1) is 0 Å². The van der Waals surface area contributed by atoms with Gasteiger partial charge in [-0.25, -0.2) is 9.97 Å². The van der Waals surface area contributed by atoms with Crippen molar-refractivity contribution in [2.24, 2.45) is 0 Å². The largest absolute Gasteiger partial charge is 0.480 e. The predicted octanol–water partition coefficient (Wildman–Crippen LogP) is 3.84. The van der Waals surface area contributed by atoms with E-state index in [4.69, 9.17) is 4.74 Å². The summed E-state index contributed by atoms with van der Waals surface area (Å²) in [5.41, 5.74) is 3.37. The van der Waals surface area contributed by atoms with E-state index < -0.39 is 0 Å². The van der Waals surface area contributed by atoms with Gasteiger partial charge in [-0.3, -0.25) is 9.59 Å². The highest BCUT2D eigenvalue weighted by atomic mass is 35.5. The Morgan fingerprint density at radius 2 is 1.68 bits per heavy atom. The number of nitrogens with one attached hydrogen (secondary N) is 2. The Labute approximate surface area is 224 Å². The molecule has 2 N–H and O–H groups in total. The maximum atomic E-state index is 13.2. The van der Waals surface area contributed by atoms with Crippen molar-refractivity contribution in [2.45, 2.75) is 44.6 Å². The van der Waals surface area contributed by atoms with Gasteiger partial charge in [-0.2, -0.15) is 0 Å². The molecule has 9 heteroatoms. The number of amides is 2. The van der Waals surface area contributed by atoms with E-state index in [2.05, 4.69) is 32.7 Å². The number of halogens is 1. The highest BCUT2D eigenvalue weighted by Crippen LogP contribution is 2.20. The molecule has 1 aromatic heterocycles. The van der Waals surface area contributed by atoms with Gasteiger partial charge in [0.05, 0.1) is 18.1 Å². The molecule has 1 unspecified atom stereocenters. The van der Waals surface area contributed by atoms with Crippen molar-refractivity contribution in [3.05, 3.63) is 65.9 Å². The first kappa shape index (κ1) is 28.3. The van der Waals surface area contributed by atoms with Crippen LogP contribution in [0.3, 0.4) is 0 Å². The number of fused-ring (bicyclic) bond motifs is 1. The zero-order valence-electron chi connectivity index (χ0n) is 21.3. The van der Waals surface area contributed by atoms with E-state index in [0.717, 1.165) is 42.4 Å². The fourth-order valence-electron chi connectivity index (χ4n) is 4.54. The van der Waals surface area contributed by atoms with Crippen LogP contribution in [-0.2, 0) is 16.0 Å². The molecule has 1 aliphatic rings. The van der Waals surface area contributed by atoms with Gasteiger partial charge in [0, 0.05) is 44.9 Å². The second-order valence-corrected chi connectivity index (χ2v) is 9.08. The minimum atomic E-state index is -0.0114. The van der Waals surface area contributed by atoms with Gasteiger partial charge in [-0.05, 0) is 43.5 Å². The zero-order chi connectivity index (χ0) is 25.2. The number of aryl methyl sites for hydroxylation is 1. The number of rotatable bonds is 5. The van der Waals surface area contributed by atoms with Gasteiger partial charge >= 0.3 is 0 Å². The number of nitrogens with zero attached hydrogens (tertiary/aromatic N) is 3. The molecule has 2 heterocycles. The molecular weight excluding hydrogens is 490 g/mol. The van der Waals surface area contributed by atoms with E-state index in [1.807, 2.05) is 47.4 Å². The van der Waals surface area contributed by atoms with Crippen molar-refractivity contribution in [1.82, 2.24) is 25.5 Å². The first-order valence-electron chi connectivity index (χ1n) is 12.8. The summed E-state index contributed by atoms with van der Waals surface area (Å²) in [6.07, 6.45) is 3.76. The SMILES string of the molecule is COc1nc2ccccc2nc1CCC(=O)N1CCCCNC(c2ccccc2)CC(=O)NCCC1.Cl. The molecule has 8 nitrogen and oxygen atoms in total. The second-order valence-electron chi connectivity index (χ2n) is 9.08. The molecule has 0 aliphatic carbocycles. The Morgan fingerprint density at radius 3 is 2.43 bits per heavy atom. The van der Waals surface area contributed by atoms with Crippen molar-refractivity contribution >= 4 is 35.3 Å². The number of hydrogen-bond donors (Lipinski definition) is 2. The van der Waals surface area contributed by atoms with Crippen LogP contribution in [0.25, 0.3) is 11.0 Å². The normalized spacial score (nSPS) is 17.5. The van der Waals surface area contributed by atoms with Crippen LogP contribution in [0.15, 0.2) is 54.6 Å². The number of hydrogen-bond acceptors (Lipinski definition) is 6. The van der Waals surface area contributed by atoms with Crippen LogP contribution in [0.5, 0.6) is 5.88 Å². The van der Waals surface area contributed by atoms with Gasteiger partial charge < -0.3 is 20.3 Å². The molecule has 37 heavy (non-hydrogen) atoms. The lowest BCUT2D eigenvalue weighted by molar-refractivity contribution is -0.131. The van der Waals surface area contributed by atoms with Crippen LogP contribution in [0.4, 0.5) is 0 Å². The van der Waals surface area contributed by atoms with Gasteiger partial charge in [0.2, 0.25) is 17.7 Å². The molecule has 1 atom stereocenters. The minimum absolute atomic E-state index is 0. The van der Waals surface area contributed by atoms with Crippen molar-refractivity contribution in [1.29, 1.82) is 0 Å². The average molecular weight is 526 g/mol. The summed E-state index contributed by atoms with van der Waals surface area (Å²) in [4.78, 5) is 36.8. The maximum Gasteiger partial charge on any atom is 0.235 e. The Morgan fingerprint density at radius 1 is 0.973 bits per heavy atom.